The number of carbonyl (C=O) groups is 2. The number of carboxylic acid groups (broad SMARTS) is 1. The van der Waals surface area contributed by atoms with Crippen molar-refractivity contribution in [3.8, 4) is 0 Å². The van der Waals surface area contributed by atoms with Crippen LogP contribution in [-0.4, -0.2) is 52.3 Å². The molecule has 1 unspecified atom stereocenters. The van der Waals surface area contributed by atoms with Crippen LogP contribution in [0.2, 0.25) is 0 Å². The molecule has 0 aromatic heterocycles. The number of anilines is 1. The lowest BCUT2D eigenvalue weighted by atomic mass is 10.1. The number of benzene rings is 1. The van der Waals surface area contributed by atoms with Gasteiger partial charge in [-0.25, -0.2) is 4.79 Å². The van der Waals surface area contributed by atoms with E-state index in [1.165, 1.54) is 9.80 Å². The van der Waals surface area contributed by atoms with E-state index in [9.17, 15) is 14.7 Å². The molecule has 1 heterocycles. The average molecular weight is 292 g/mol. The van der Waals surface area contributed by atoms with Crippen LogP contribution in [0.15, 0.2) is 24.3 Å². The van der Waals surface area contributed by atoms with E-state index in [-0.39, 0.29) is 12.6 Å². The molecular weight excluding hydrogens is 272 g/mol. The fraction of sp³-hybridized carbons (Fsp3) is 0.467. The Labute approximate surface area is 123 Å². The minimum atomic E-state index is -1.07. The van der Waals surface area contributed by atoms with Gasteiger partial charge in [0.25, 0.3) is 0 Å². The van der Waals surface area contributed by atoms with Gasteiger partial charge in [0.05, 0.1) is 12.1 Å². The minimum Gasteiger partial charge on any atom is -0.480 e. The molecule has 6 nitrogen and oxygen atoms in total. The Hall–Kier alpha value is -2.08. The Morgan fingerprint density at radius 1 is 1.33 bits per heavy atom. The summed E-state index contributed by atoms with van der Waals surface area (Å²) in [5.74, 6) is -1.07. The number of likely N-dealkylation sites (tertiary alicyclic amines) is 1. The van der Waals surface area contributed by atoms with Gasteiger partial charge in [0.15, 0.2) is 0 Å². The third kappa shape index (κ3) is 3.72. The zero-order valence-corrected chi connectivity index (χ0v) is 12.2. The first-order valence-electron chi connectivity index (χ1n) is 6.86. The summed E-state index contributed by atoms with van der Waals surface area (Å²) in [7, 11) is 0. The van der Waals surface area contributed by atoms with Crippen molar-refractivity contribution in [1.82, 2.24) is 4.90 Å². The topological polar surface area (TPSA) is 81.1 Å². The van der Waals surface area contributed by atoms with Gasteiger partial charge in [0.2, 0.25) is 0 Å². The normalized spacial score (nSPS) is 21.4. The van der Waals surface area contributed by atoms with Crippen molar-refractivity contribution in [2.75, 3.05) is 24.5 Å². The molecule has 0 radical (unpaired) electrons. The first kappa shape index (κ1) is 15.3. The molecule has 2 amide bonds. The molecule has 21 heavy (non-hydrogen) atoms. The van der Waals surface area contributed by atoms with Crippen LogP contribution in [0.4, 0.5) is 10.5 Å². The lowest BCUT2D eigenvalue weighted by Gasteiger charge is -2.27. The number of carboxylic acids is 1. The van der Waals surface area contributed by atoms with Gasteiger partial charge >= 0.3 is 12.0 Å². The number of aryl methyl sites for hydroxylation is 1. The van der Waals surface area contributed by atoms with E-state index in [0.29, 0.717) is 18.7 Å². The Balaban J connectivity index is 2.21. The van der Waals surface area contributed by atoms with Crippen LogP contribution < -0.4 is 4.90 Å². The second-order valence-corrected chi connectivity index (χ2v) is 5.77. The lowest BCUT2D eigenvalue weighted by Crippen LogP contribution is -2.46. The highest BCUT2D eigenvalue weighted by molar-refractivity contribution is 5.96. The molecule has 2 N–H and O–H groups in total. The standard InChI is InChI=1S/C15H20N2O4/c1-11-3-5-12(6-4-11)17(9-13(18)19)14(20)16-8-7-15(2,21)10-16/h3-6,21H,7-10H2,1-2H3,(H,18,19). The van der Waals surface area contributed by atoms with Gasteiger partial charge in [-0.2, -0.15) is 0 Å². The van der Waals surface area contributed by atoms with Crippen LogP contribution in [0.1, 0.15) is 18.9 Å². The maximum atomic E-state index is 12.5. The van der Waals surface area contributed by atoms with Gasteiger partial charge in [0.1, 0.15) is 6.54 Å². The molecule has 0 bridgehead atoms. The van der Waals surface area contributed by atoms with Gasteiger partial charge in [0, 0.05) is 12.2 Å². The first-order valence-corrected chi connectivity index (χ1v) is 6.86. The van der Waals surface area contributed by atoms with E-state index in [1.807, 2.05) is 19.1 Å². The van der Waals surface area contributed by atoms with E-state index in [4.69, 9.17) is 5.11 Å². The fourth-order valence-corrected chi connectivity index (χ4v) is 2.41. The van der Waals surface area contributed by atoms with Crippen molar-refractivity contribution in [3.05, 3.63) is 29.8 Å². The summed E-state index contributed by atoms with van der Waals surface area (Å²) < 4.78 is 0. The van der Waals surface area contributed by atoms with E-state index >= 15 is 0 Å². The van der Waals surface area contributed by atoms with E-state index in [1.54, 1.807) is 19.1 Å². The number of hydrogen-bond donors (Lipinski definition) is 2. The number of hydrogen-bond acceptors (Lipinski definition) is 3. The Bertz CT molecular complexity index is 539. The first-order chi connectivity index (χ1) is 9.78. The van der Waals surface area contributed by atoms with Crippen LogP contribution in [0, 0.1) is 6.92 Å². The number of nitrogens with zero attached hydrogens (tertiary/aromatic N) is 2. The minimum absolute atomic E-state index is 0.216. The molecule has 1 aromatic rings. The summed E-state index contributed by atoms with van der Waals surface area (Å²) >= 11 is 0. The van der Waals surface area contributed by atoms with Crippen molar-refractivity contribution < 1.29 is 19.8 Å². The molecule has 0 saturated carbocycles. The smallest absolute Gasteiger partial charge is 0.325 e. The molecule has 1 aliphatic heterocycles. The maximum Gasteiger partial charge on any atom is 0.325 e. The van der Waals surface area contributed by atoms with Crippen LogP contribution in [-0.2, 0) is 4.79 Å². The fourth-order valence-electron chi connectivity index (χ4n) is 2.41. The summed E-state index contributed by atoms with van der Waals surface area (Å²) in [5.41, 5.74) is 0.669. The second-order valence-electron chi connectivity index (χ2n) is 5.77. The highest BCUT2D eigenvalue weighted by Crippen LogP contribution is 2.24. The summed E-state index contributed by atoms with van der Waals surface area (Å²) in [6.45, 7) is 3.83. The van der Waals surface area contributed by atoms with Gasteiger partial charge in [-0.15, -0.1) is 0 Å². The van der Waals surface area contributed by atoms with E-state index < -0.39 is 18.1 Å². The van der Waals surface area contributed by atoms with E-state index in [2.05, 4.69) is 0 Å². The molecule has 6 heteroatoms. The SMILES string of the molecule is Cc1ccc(N(CC(=O)O)C(=O)N2CCC(C)(O)C2)cc1. The zero-order chi connectivity index (χ0) is 15.6. The van der Waals surface area contributed by atoms with Crippen molar-refractivity contribution >= 4 is 17.7 Å². The zero-order valence-electron chi connectivity index (χ0n) is 12.2. The quantitative estimate of drug-likeness (QED) is 0.884. The molecule has 1 saturated heterocycles. The number of rotatable bonds is 3. The lowest BCUT2D eigenvalue weighted by molar-refractivity contribution is -0.135. The predicted octanol–water partition coefficient (Wildman–Crippen LogP) is 1.46. The van der Waals surface area contributed by atoms with Gasteiger partial charge in [-0.3, -0.25) is 9.69 Å². The number of aliphatic carboxylic acids is 1. The summed E-state index contributed by atoms with van der Waals surface area (Å²) in [6, 6.07) is 6.73. The van der Waals surface area contributed by atoms with Crippen LogP contribution in [0.3, 0.4) is 0 Å². The van der Waals surface area contributed by atoms with Gasteiger partial charge in [-0.05, 0) is 32.4 Å². The molecule has 1 aromatic carbocycles. The molecule has 0 aliphatic carbocycles. The van der Waals surface area contributed by atoms with Gasteiger partial charge < -0.3 is 15.1 Å². The monoisotopic (exact) mass is 292 g/mol. The van der Waals surface area contributed by atoms with Crippen LogP contribution in [0.5, 0.6) is 0 Å². The highest BCUT2D eigenvalue weighted by Gasteiger charge is 2.36. The number of β-amino-alcohol motifs (C(OH)–C–C–N with tert-alkyl or cyclic N) is 1. The molecular formula is C15H20N2O4. The molecule has 1 aliphatic rings. The predicted molar refractivity (Wildman–Crippen MR) is 78.4 cm³/mol. The number of carbonyl (C=O) groups excluding carboxylic acids is 1. The third-order valence-corrected chi connectivity index (χ3v) is 3.59. The Kier molecular flexibility index (Phi) is 4.18. The average Bonchev–Trinajstić information content (AvgIpc) is 2.76. The van der Waals surface area contributed by atoms with Crippen LogP contribution >= 0.6 is 0 Å². The van der Waals surface area contributed by atoms with Crippen molar-refractivity contribution in [2.45, 2.75) is 25.9 Å². The maximum absolute atomic E-state index is 12.5. The Morgan fingerprint density at radius 2 is 1.95 bits per heavy atom. The highest BCUT2D eigenvalue weighted by atomic mass is 16.4. The number of urea groups is 1. The molecule has 0 spiro atoms. The summed E-state index contributed by atoms with van der Waals surface area (Å²) in [4.78, 5) is 26.3. The molecule has 1 atom stereocenters. The van der Waals surface area contributed by atoms with E-state index in [0.717, 1.165) is 5.56 Å². The van der Waals surface area contributed by atoms with Crippen molar-refractivity contribution in [3.63, 3.8) is 0 Å². The van der Waals surface area contributed by atoms with Crippen molar-refractivity contribution in [2.24, 2.45) is 0 Å². The number of aliphatic hydroxyl groups is 1. The second kappa shape index (κ2) is 5.73. The molecule has 114 valence electrons. The Morgan fingerprint density at radius 3 is 2.43 bits per heavy atom. The van der Waals surface area contributed by atoms with Crippen LogP contribution in [0.25, 0.3) is 0 Å². The van der Waals surface area contributed by atoms with Gasteiger partial charge in [-0.1, -0.05) is 17.7 Å². The third-order valence-electron chi connectivity index (χ3n) is 3.59. The molecule has 1 fully saturated rings. The summed E-state index contributed by atoms with van der Waals surface area (Å²) in [6.07, 6.45) is 0.494. The van der Waals surface area contributed by atoms with Crippen molar-refractivity contribution in [1.29, 1.82) is 0 Å². The number of amides is 2. The summed E-state index contributed by atoms with van der Waals surface area (Å²) in [5, 5.41) is 19.0. The largest absolute Gasteiger partial charge is 0.480 e. The molecule has 2 rings (SSSR count).